The van der Waals surface area contributed by atoms with E-state index >= 15 is 0 Å². The van der Waals surface area contributed by atoms with Gasteiger partial charge in [0.15, 0.2) is 5.82 Å². The summed E-state index contributed by atoms with van der Waals surface area (Å²) in [5.41, 5.74) is 4.13. The van der Waals surface area contributed by atoms with Crippen molar-refractivity contribution >= 4 is 17.0 Å². The zero-order valence-corrected chi connectivity index (χ0v) is 17.7. The standard InChI is InChI=1S/C24H25N5O2/c1-30-20-7-3-5-18(15-20)22-17-23-24(25-9-10-29(23)26-22)28-13-11-27(12-14-28)19-6-4-8-21(16-19)31-2/h3-10,15-17H,11-14H2,1-2H3. The predicted molar refractivity (Wildman–Crippen MR) is 122 cm³/mol. The Labute approximate surface area is 181 Å². The smallest absolute Gasteiger partial charge is 0.154 e. The quantitative estimate of drug-likeness (QED) is 0.495. The fourth-order valence-corrected chi connectivity index (χ4v) is 4.06. The maximum Gasteiger partial charge on any atom is 0.154 e. The van der Waals surface area contributed by atoms with Crippen molar-refractivity contribution in [2.75, 3.05) is 50.2 Å². The molecular formula is C24H25N5O2. The second-order valence-electron chi connectivity index (χ2n) is 7.52. The minimum atomic E-state index is 0.821. The Kier molecular flexibility index (Phi) is 5.08. The summed E-state index contributed by atoms with van der Waals surface area (Å²) in [4.78, 5) is 9.42. The average molecular weight is 415 g/mol. The van der Waals surface area contributed by atoms with Gasteiger partial charge < -0.3 is 19.3 Å². The van der Waals surface area contributed by atoms with E-state index in [0.29, 0.717) is 0 Å². The molecule has 0 saturated carbocycles. The van der Waals surface area contributed by atoms with Gasteiger partial charge in [0, 0.05) is 55.9 Å². The normalized spacial score (nSPS) is 14.1. The van der Waals surface area contributed by atoms with Crippen LogP contribution in [-0.4, -0.2) is 55.0 Å². The van der Waals surface area contributed by atoms with Gasteiger partial charge in [0.1, 0.15) is 17.0 Å². The highest BCUT2D eigenvalue weighted by molar-refractivity contribution is 5.76. The fourth-order valence-electron chi connectivity index (χ4n) is 4.06. The van der Waals surface area contributed by atoms with E-state index < -0.39 is 0 Å². The highest BCUT2D eigenvalue weighted by atomic mass is 16.5. The van der Waals surface area contributed by atoms with Gasteiger partial charge in [0.2, 0.25) is 0 Å². The van der Waals surface area contributed by atoms with Crippen molar-refractivity contribution in [3.8, 4) is 22.8 Å². The summed E-state index contributed by atoms with van der Waals surface area (Å²) in [7, 11) is 3.38. The minimum Gasteiger partial charge on any atom is -0.497 e. The molecule has 1 saturated heterocycles. The van der Waals surface area contributed by atoms with Gasteiger partial charge in [0.25, 0.3) is 0 Å². The topological polar surface area (TPSA) is 55.1 Å². The van der Waals surface area contributed by atoms with Crippen molar-refractivity contribution in [2.24, 2.45) is 0 Å². The Hall–Kier alpha value is -3.74. The third kappa shape index (κ3) is 3.74. The zero-order valence-electron chi connectivity index (χ0n) is 17.7. The van der Waals surface area contributed by atoms with Gasteiger partial charge in [-0.15, -0.1) is 0 Å². The monoisotopic (exact) mass is 415 g/mol. The van der Waals surface area contributed by atoms with Crippen molar-refractivity contribution in [2.45, 2.75) is 0 Å². The summed E-state index contributed by atoms with van der Waals surface area (Å²) in [5.74, 6) is 2.67. The molecule has 0 spiro atoms. The number of nitrogens with zero attached hydrogens (tertiary/aromatic N) is 5. The van der Waals surface area contributed by atoms with E-state index in [1.165, 1.54) is 5.69 Å². The lowest BCUT2D eigenvalue weighted by Gasteiger charge is -2.36. The summed E-state index contributed by atoms with van der Waals surface area (Å²) >= 11 is 0. The lowest BCUT2D eigenvalue weighted by atomic mass is 10.1. The first-order valence-electron chi connectivity index (χ1n) is 10.4. The third-order valence-electron chi connectivity index (χ3n) is 5.73. The van der Waals surface area contributed by atoms with E-state index in [2.05, 4.69) is 28.0 Å². The molecule has 1 fully saturated rings. The SMILES string of the molecule is COc1cccc(-c2cc3c(N4CCN(c5cccc(OC)c5)CC4)nccn3n2)c1. The lowest BCUT2D eigenvalue weighted by Crippen LogP contribution is -2.47. The van der Waals surface area contributed by atoms with Gasteiger partial charge in [0.05, 0.1) is 19.9 Å². The van der Waals surface area contributed by atoms with Crippen LogP contribution in [0.25, 0.3) is 16.8 Å². The maximum absolute atomic E-state index is 5.37. The van der Waals surface area contributed by atoms with Gasteiger partial charge in [-0.1, -0.05) is 18.2 Å². The number of hydrogen-bond acceptors (Lipinski definition) is 6. The van der Waals surface area contributed by atoms with Crippen molar-refractivity contribution < 1.29 is 9.47 Å². The Morgan fingerprint density at radius 1 is 0.806 bits per heavy atom. The van der Waals surface area contributed by atoms with Gasteiger partial charge in [-0.05, 0) is 30.3 Å². The molecule has 3 heterocycles. The number of methoxy groups -OCH3 is 2. The summed E-state index contributed by atoms with van der Waals surface area (Å²) in [6.07, 6.45) is 3.72. The van der Waals surface area contributed by atoms with Gasteiger partial charge in [-0.25, -0.2) is 9.50 Å². The first-order valence-corrected chi connectivity index (χ1v) is 10.4. The average Bonchev–Trinajstić information content (AvgIpc) is 3.29. The number of piperazine rings is 1. The van der Waals surface area contributed by atoms with Crippen molar-refractivity contribution in [3.05, 3.63) is 67.0 Å². The first kappa shape index (κ1) is 19.2. The van der Waals surface area contributed by atoms with Crippen LogP contribution in [0.2, 0.25) is 0 Å². The Morgan fingerprint density at radius 2 is 1.52 bits per heavy atom. The highest BCUT2D eigenvalue weighted by Gasteiger charge is 2.21. The van der Waals surface area contributed by atoms with Gasteiger partial charge in [-0.2, -0.15) is 5.10 Å². The first-order chi connectivity index (χ1) is 15.2. The van der Waals surface area contributed by atoms with Crippen molar-refractivity contribution in [1.29, 1.82) is 0 Å². The molecule has 1 aliphatic heterocycles. The van der Waals surface area contributed by atoms with Gasteiger partial charge in [-0.3, -0.25) is 0 Å². The molecule has 5 rings (SSSR count). The molecule has 0 radical (unpaired) electrons. The van der Waals surface area contributed by atoms with Crippen LogP contribution < -0.4 is 19.3 Å². The Balaban J connectivity index is 1.39. The molecule has 7 heteroatoms. The molecular weight excluding hydrogens is 390 g/mol. The van der Waals surface area contributed by atoms with Crippen LogP contribution in [0.1, 0.15) is 0 Å². The Bertz CT molecular complexity index is 1200. The number of ether oxygens (including phenoxy) is 2. The molecule has 0 amide bonds. The van der Waals surface area contributed by atoms with Crippen LogP contribution in [0.5, 0.6) is 11.5 Å². The molecule has 0 atom stereocenters. The molecule has 1 aliphatic rings. The number of benzene rings is 2. The van der Waals surface area contributed by atoms with Crippen molar-refractivity contribution in [1.82, 2.24) is 14.6 Å². The van der Waals surface area contributed by atoms with Crippen LogP contribution in [0.15, 0.2) is 67.0 Å². The molecule has 31 heavy (non-hydrogen) atoms. The second kappa shape index (κ2) is 8.18. The predicted octanol–water partition coefficient (Wildman–Crippen LogP) is 3.74. The Morgan fingerprint density at radius 3 is 2.29 bits per heavy atom. The molecule has 0 N–H and O–H groups in total. The van der Waals surface area contributed by atoms with E-state index in [-0.39, 0.29) is 0 Å². The molecule has 7 nitrogen and oxygen atoms in total. The number of hydrogen-bond donors (Lipinski definition) is 0. The van der Waals surface area contributed by atoms with Gasteiger partial charge >= 0.3 is 0 Å². The molecule has 2 aromatic heterocycles. The number of anilines is 2. The van der Waals surface area contributed by atoms with E-state index in [1.54, 1.807) is 14.2 Å². The fraction of sp³-hybridized carbons (Fsp3) is 0.250. The zero-order chi connectivity index (χ0) is 21.2. The molecule has 0 aliphatic carbocycles. The summed E-state index contributed by atoms with van der Waals surface area (Å²) in [5, 5.41) is 4.77. The molecule has 0 bridgehead atoms. The van der Waals surface area contributed by atoms with Crippen molar-refractivity contribution in [3.63, 3.8) is 0 Å². The minimum absolute atomic E-state index is 0.821. The summed E-state index contributed by atoms with van der Waals surface area (Å²) in [6.45, 7) is 3.63. The van der Waals surface area contributed by atoms with Crippen LogP contribution in [0.3, 0.4) is 0 Å². The third-order valence-corrected chi connectivity index (χ3v) is 5.73. The second-order valence-corrected chi connectivity index (χ2v) is 7.52. The van der Waals surface area contributed by atoms with E-state index in [1.807, 2.05) is 53.3 Å². The van der Waals surface area contributed by atoms with Crippen LogP contribution in [0.4, 0.5) is 11.5 Å². The molecule has 0 unspecified atom stereocenters. The molecule has 4 aromatic rings. The van der Waals surface area contributed by atoms with E-state index in [0.717, 1.165) is 60.3 Å². The molecule has 2 aromatic carbocycles. The molecule has 158 valence electrons. The number of rotatable bonds is 5. The number of fused-ring (bicyclic) bond motifs is 1. The highest BCUT2D eigenvalue weighted by Crippen LogP contribution is 2.29. The van der Waals surface area contributed by atoms with Crippen LogP contribution in [-0.2, 0) is 0 Å². The lowest BCUT2D eigenvalue weighted by molar-refractivity contribution is 0.414. The number of aromatic nitrogens is 3. The van der Waals surface area contributed by atoms with Crippen LogP contribution in [0, 0.1) is 0 Å². The summed E-state index contributed by atoms with van der Waals surface area (Å²) in [6, 6.07) is 18.3. The largest absolute Gasteiger partial charge is 0.497 e. The van der Waals surface area contributed by atoms with E-state index in [9.17, 15) is 0 Å². The summed E-state index contributed by atoms with van der Waals surface area (Å²) < 4.78 is 12.6. The maximum atomic E-state index is 5.37. The van der Waals surface area contributed by atoms with E-state index in [4.69, 9.17) is 19.6 Å². The van der Waals surface area contributed by atoms with Crippen LogP contribution >= 0.6 is 0 Å².